The number of amides is 1. The smallest absolute Gasteiger partial charge is 0.275 e. The highest BCUT2D eigenvalue weighted by molar-refractivity contribution is 7.10. The molecule has 0 saturated carbocycles. The summed E-state index contributed by atoms with van der Waals surface area (Å²) in [7, 11) is 0. The summed E-state index contributed by atoms with van der Waals surface area (Å²) in [5.41, 5.74) is 7.92. The molecule has 2 atom stereocenters. The summed E-state index contributed by atoms with van der Waals surface area (Å²) in [6.45, 7) is 4.00. The summed E-state index contributed by atoms with van der Waals surface area (Å²) in [5, 5.41) is 4.10. The first-order chi connectivity index (χ1) is 9.61. The molecule has 0 spiro atoms. The van der Waals surface area contributed by atoms with E-state index in [9.17, 15) is 4.79 Å². The van der Waals surface area contributed by atoms with Crippen LogP contribution in [0.5, 0.6) is 0 Å². The average Bonchev–Trinajstić information content (AvgIpc) is 2.98. The Balaban J connectivity index is 2.28. The van der Waals surface area contributed by atoms with Crippen LogP contribution in [-0.4, -0.2) is 11.9 Å². The standard InChI is InChI=1S/C16H20N2OS/c1-3-12-6-8-13(9-7-12)15(14-5-4-10-20-14)18-11(2)16(17)19/h4-11,15,18H,3H2,1-2H3,(H2,17,19)/p+1/t11-,15+/m0/s1. The van der Waals surface area contributed by atoms with Crippen LogP contribution in [0.25, 0.3) is 0 Å². The predicted molar refractivity (Wildman–Crippen MR) is 82.6 cm³/mol. The topological polar surface area (TPSA) is 59.7 Å². The maximum atomic E-state index is 11.3. The van der Waals surface area contributed by atoms with Gasteiger partial charge in [0.1, 0.15) is 6.04 Å². The van der Waals surface area contributed by atoms with E-state index in [0.29, 0.717) is 0 Å². The van der Waals surface area contributed by atoms with E-state index in [-0.39, 0.29) is 18.0 Å². The molecule has 4 heteroatoms. The van der Waals surface area contributed by atoms with Gasteiger partial charge in [-0.3, -0.25) is 4.79 Å². The van der Waals surface area contributed by atoms with Gasteiger partial charge in [-0.1, -0.05) is 37.3 Å². The van der Waals surface area contributed by atoms with Crippen molar-refractivity contribution in [2.75, 3.05) is 0 Å². The number of aryl methyl sites for hydroxylation is 1. The predicted octanol–water partition coefficient (Wildman–Crippen LogP) is 1.84. The number of carbonyl (C=O) groups is 1. The molecule has 0 unspecified atom stereocenters. The molecule has 0 bridgehead atoms. The summed E-state index contributed by atoms with van der Waals surface area (Å²) in [6.07, 6.45) is 1.03. The molecular weight excluding hydrogens is 268 g/mol. The molecule has 0 aliphatic carbocycles. The summed E-state index contributed by atoms with van der Waals surface area (Å²) in [4.78, 5) is 12.6. The molecule has 0 aliphatic rings. The van der Waals surface area contributed by atoms with Crippen LogP contribution in [0.15, 0.2) is 41.8 Å². The number of primary amides is 1. The van der Waals surface area contributed by atoms with Gasteiger partial charge in [0.25, 0.3) is 5.91 Å². The van der Waals surface area contributed by atoms with E-state index in [1.54, 1.807) is 11.3 Å². The van der Waals surface area contributed by atoms with E-state index in [2.05, 4.69) is 42.6 Å². The number of rotatable bonds is 6. The Morgan fingerprint density at radius 1 is 1.30 bits per heavy atom. The Hall–Kier alpha value is -1.65. The van der Waals surface area contributed by atoms with E-state index in [1.807, 2.05) is 18.3 Å². The molecule has 1 amide bonds. The number of quaternary nitrogens is 1. The van der Waals surface area contributed by atoms with Crippen molar-refractivity contribution in [3.63, 3.8) is 0 Å². The van der Waals surface area contributed by atoms with Crippen LogP contribution < -0.4 is 11.1 Å². The van der Waals surface area contributed by atoms with E-state index in [4.69, 9.17) is 5.73 Å². The van der Waals surface area contributed by atoms with Gasteiger partial charge in [-0.15, -0.1) is 11.3 Å². The lowest BCUT2D eigenvalue weighted by Crippen LogP contribution is -2.92. The summed E-state index contributed by atoms with van der Waals surface area (Å²) in [6, 6.07) is 12.6. The van der Waals surface area contributed by atoms with Crippen LogP contribution in [0.2, 0.25) is 0 Å². The fraction of sp³-hybridized carbons (Fsp3) is 0.312. The minimum Gasteiger partial charge on any atom is -0.365 e. The monoisotopic (exact) mass is 289 g/mol. The minimum atomic E-state index is -0.281. The molecule has 0 fully saturated rings. The molecule has 2 rings (SSSR count). The quantitative estimate of drug-likeness (QED) is 0.837. The van der Waals surface area contributed by atoms with Gasteiger partial charge in [-0.2, -0.15) is 0 Å². The molecule has 0 saturated heterocycles. The summed E-state index contributed by atoms with van der Waals surface area (Å²) in [5.74, 6) is -0.281. The highest BCUT2D eigenvalue weighted by Crippen LogP contribution is 2.23. The van der Waals surface area contributed by atoms with Crippen molar-refractivity contribution in [3.05, 3.63) is 57.8 Å². The van der Waals surface area contributed by atoms with E-state index in [1.165, 1.54) is 16.0 Å². The fourth-order valence-corrected chi connectivity index (χ4v) is 3.02. The van der Waals surface area contributed by atoms with Crippen molar-refractivity contribution in [2.24, 2.45) is 5.73 Å². The number of nitrogens with two attached hydrogens (primary N) is 2. The first kappa shape index (κ1) is 14.8. The second kappa shape index (κ2) is 6.68. The van der Waals surface area contributed by atoms with Crippen molar-refractivity contribution in [1.82, 2.24) is 0 Å². The molecule has 3 nitrogen and oxygen atoms in total. The number of thiophene rings is 1. The van der Waals surface area contributed by atoms with Gasteiger partial charge in [-0.05, 0) is 30.4 Å². The van der Waals surface area contributed by atoms with Crippen molar-refractivity contribution in [2.45, 2.75) is 32.4 Å². The maximum absolute atomic E-state index is 11.3. The Kier molecular flexibility index (Phi) is 4.93. The van der Waals surface area contributed by atoms with E-state index < -0.39 is 0 Å². The van der Waals surface area contributed by atoms with Gasteiger partial charge in [-0.25, -0.2) is 0 Å². The van der Waals surface area contributed by atoms with Crippen molar-refractivity contribution >= 4 is 17.2 Å². The minimum absolute atomic E-state index is 0.128. The van der Waals surface area contributed by atoms with Crippen LogP contribution >= 0.6 is 11.3 Å². The van der Waals surface area contributed by atoms with Gasteiger partial charge < -0.3 is 11.1 Å². The van der Waals surface area contributed by atoms with Gasteiger partial charge in [0.2, 0.25) is 0 Å². The summed E-state index contributed by atoms with van der Waals surface area (Å²) < 4.78 is 0. The number of carbonyl (C=O) groups excluding carboxylic acids is 1. The van der Waals surface area contributed by atoms with Crippen LogP contribution in [0.3, 0.4) is 0 Å². The zero-order valence-electron chi connectivity index (χ0n) is 11.9. The van der Waals surface area contributed by atoms with Gasteiger partial charge in [0.05, 0.1) is 4.88 Å². The number of hydrogen-bond acceptors (Lipinski definition) is 2. The van der Waals surface area contributed by atoms with Crippen molar-refractivity contribution < 1.29 is 10.1 Å². The molecule has 20 heavy (non-hydrogen) atoms. The first-order valence-corrected chi connectivity index (χ1v) is 7.76. The molecule has 1 aromatic heterocycles. The normalized spacial score (nSPS) is 13.9. The largest absolute Gasteiger partial charge is 0.365 e. The van der Waals surface area contributed by atoms with E-state index >= 15 is 0 Å². The molecular formula is C16H21N2OS+. The molecule has 0 radical (unpaired) electrons. The lowest BCUT2D eigenvalue weighted by atomic mass is 10.0. The Morgan fingerprint density at radius 2 is 2.00 bits per heavy atom. The fourth-order valence-electron chi connectivity index (χ4n) is 2.18. The van der Waals surface area contributed by atoms with Crippen LogP contribution in [0.4, 0.5) is 0 Å². The molecule has 4 N–H and O–H groups in total. The highest BCUT2D eigenvalue weighted by Gasteiger charge is 2.23. The molecule has 2 aromatic rings. The third-order valence-electron chi connectivity index (χ3n) is 3.53. The molecule has 1 heterocycles. The van der Waals surface area contributed by atoms with E-state index in [0.717, 1.165) is 6.42 Å². The van der Waals surface area contributed by atoms with Crippen molar-refractivity contribution in [3.8, 4) is 0 Å². The third-order valence-corrected chi connectivity index (χ3v) is 4.48. The molecule has 0 aliphatic heterocycles. The lowest BCUT2D eigenvalue weighted by molar-refractivity contribution is -0.704. The second-order valence-electron chi connectivity index (χ2n) is 4.97. The Labute approximate surface area is 123 Å². The highest BCUT2D eigenvalue weighted by atomic mass is 32.1. The van der Waals surface area contributed by atoms with Crippen LogP contribution in [-0.2, 0) is 11.2 Å². The number of hydrogen-bond donors (Lipinski definition) is 2. The Bertz CT molecular complexity index is 548. The second-order valence-corrected chi connectivity index (χ2v) is 5.95. The Morgan fingerprint density at radius 3 is 2.50 bits per heavy atom. The van der Waals surface area contributed by atoms with Crippen LogP contribution in [0, 0.1) is 0 Å². The maximum Gasteiger partial charge on any atom is 0.275 e. The molecule has 1 aromatic carbocycles. The zero-order valence-corrected chi connectivity index (χ0v) is 12.7. The van der Waals surface area contributed by atoms with Gasteiger partial charge >= 0.3 is 0 Å². The molecule has 106 valence electrons. The lowest BCUT2D eigenvalue weighted by Gasteiger charge is -2.18. The van der Waals surface area contributed by atoms with Gasteiger partial charge in [0, 0.05) is 5.56 Å². The third kappa shape index (κ3) is 3.46. The van der Waals surface area contributed by atoms with Crippen LogP contribution in [0.1, 0.15) is 35.9 Å². The van der Waals surface area contributed by atoms with Crippen molar-refractivity contribution in [1.29, 1.82) is 0 Å². The van der Waals surface area contributed by atoms with Gasteiger partial charge in [0.15, 0.2) is 6.04 Å². The zero-order chi connectivity index (χ0) is 14.5. The number of benzene rings is 1. The summed E-state index contributed by atoms with van der Waals surface area (Å²) >= 11 is 1.71. The average molecular weight is 289 g/mol. The SMILES string of the molecule is CCc1ccc([C@@H]([NH2+][C@@H](C)C(N)=O)c2cccs2)cc1. The first-order valence-electron chi connectivity index (χ1n) is 6.88.